The van der Waals surface area contributed by atoms with Crippen molar-refractivity contribution in [1.82, 2.24) is 0 Å². The number of esters is 3. The molecule has 2 aromatic rings. The summed E-state index contributed by atoms with van der Waals surface area (Å²) in [6.45, 7) is 3.59. The minimum Gasteiger partial charge on any atom is -0.497 e. The monoisotopic (exact) mass is 414 g/mol. The van der Waals surface area contributed by atoms with Crippen molar-refractivity contribution in [2.45, 2.75) is 33.3 Å². The van der Waals surface area contributed by atoms with Gasteiger partial charge in [-0.05, 0) is 29.8 Å². The fourth-order valence-corrected chi connectivity index (χ4v) is 2.71. The van der Waals surface area contributed by atoms with Gasteiger partial charge in [-0.25, -0.2) is 0 Å². The number of ether oxygens (including phenoxy) is 4. The lowest BCUT2D eigenvalue weighted by atomic mass is 9.98. The first kappa shape index (κ1) is 22.6. The molecule has 0 fully saturated rings. The zero-order valence-electron chi connectivity index (χ0n) is 17.1. The van der Waals surface area contributed by atoms with E-state index in [2.05, 4.69) is 0 Å². The number of hydrogen-bond donors (Lipinski definition) is 0. The summed E-state index contributed by atoms with van der Waals surface area (Å²) >= 11 is 0. The highest BCUT2D eigenvalue weighted by Crippen LogP contribution is 2.28. The lowest BCUT2D eigenvalue weighted by Crippen LogP contribution is -2.29. The van der Waals surface area contributed by atoms with Gasteiger partial charge in [-0.1, -0.05) is 12.1 Å². The Morgan fingerprint density at radius 3 is 1.93 bits per heavy atom. The van der Waals surface area contributed by atoms with E-state index in [9.17, 15) is 19.2 Å². The number of carbonyl (C=O) groups excluding carboxylic acids is 4. The summed E-state index contributed by atoms with van der Waals surface area (Å²) < 4.78 is 20.4. The van der Waals surface area contributed by atoms with Crippen LogP contribution in [-0.2, 0) is 25.5 Å². The SMILES string of the molecule is COc1ccc(C[C@@H](OC(C)=O)C(=O)c2ccc(OC(C)=O)cc2OC(C)=O)cc1. The molecule has 0 unspecified atom stereocenters. The molecule has 0 aromatic heterocycles. The fraction of sp³-hybridized carbons (Fsp3) is 0.273. The van der Waals surface area contributed by atoms with E-state index in [0.717, 1.165) is 5.56 Å². The minimum atomic E-state index is -1.15. The van der Waals surface area contributed by atoms with Crippen LogP contribution in [0.15, 0.2) is 42.5 Å². The molecule has 0 radical (unpaired) electrons. The molecular weight excluding hydrogens is 392 g/mol. The highest BCUT2D eigenvalue weighted by atomic mass is 16.6. The summed E-state index contributed by atoms with van der Waals surface area (Å²) in [7, 11) is 1.54. The van der Waals surface area contributed by atoms with Crippen LogP contribution >= 0.6 is 0 Å². The molecule has 2 rings (SSSR count). The molecule has 2 aromatic carbocycles. The fourth-order valence-electron chi connectivity index (χ4n) is 2.71. The minimum absolute atomic E-state index is 0.0147. The van der Waals surface area contributed by atoms with Crippen molar-refractivity contribution in [1.29, 1.82) is 0 Å². The van der Waals surface area contributed by atoms with Gasteiger partial charge < -0.3 is 18.9 Å². The van der Waals surface area contributed by atoms with E-state index in [0.29, 0.717) is 5.75 Å². The predicted molar refractivity (Wildman–Crippen MR) is 106 cm³/mol. The quantitative estimate of drug-likeness (QED) is 0.369. The topological polar surface area (TPSA) is 105 Å². The van der Waals surface area contributed by atoms with E-state index in [1.165, 1.54) is 46.1 Å². The normalized spacial score (nSPS) is 11.2. The van der Waals surface area contributed by atoms with E-state index in [1.807, 2.05) is 0 Å². The molecule has 0 N–H and O–H groups in total. The third-order valence-corrected chi connectivity index (χ3v) is 3.91. The van der Waals surface area contributed by atoms with Gasteiger partial charge >= 0.3 is 17.9 Å². The molecule has 30 heavy (non-hydrogen) atoms. The van der Waals surface area contributed by atoms with Crippen LogP contribution < -0.4 is 14.2 Å². The molecule has 8 nitrogen and oxygen atoms in total. The van der Waals surface area contributed by atoms with Gasteiger partial charge in [0, 0.05) is 33.3 Å². The summed E-state index contributed by atoms with van der Waals surface area (Å²) in [5.74, 6) is -1.78. The van der Waals surface area contributed by atoms with Crippen molar-refractivity contribution >= 4 is 23.7 Å². The lowest BCUT2D eigenvalue weighted by Gasteiger charge is -2.18. The third-order valence-electron chi connectivity index (χ3n) is 3.91. The van der Waals surface area contributed by atoms with Gasteiger partial charge in [0.1, 0.15) is 17.2 Å². The second-order valence-electron chi connectivity index (χ2n) is 6.36. The lowest BCUT2D eigenvalue weighted by molar-refractivity contribution is -0.144. The number of hydrogen-bond acceptors (Lipinski definition) is 8. The van der Waals surface area contributed by atoms with E-state index in [-0.39, 0.29) is 23.5 Å². The molecule has 8 heteroatoms. The summed E-state index contributed by atoms with van der Waals surface area (Å²) in [6.07, 6.45) is -1.04. The van der Waals surface area contributed by atoms with Crippen molar-refractivity contribution in [3.8, 4) is 17.2 Å². The largest absolute Gasteiger partial charge is 0.497 e. The first-order valence-electron chi connectivity index (χ1n) is 9.05. The highest BCUT2D eigenvalue weighted by molar-refractivity contribution is 6.03. The number of ketones is 1. The van der Waals surface area contributed by atoms with Gasteiger partial charge in [-0.2, -0.15) is 0 Å². The van der Waals surface area contributed by atoms with Gasteiger partial charge in [-0.3, -0.25) is 19.2 Å². The zero-order valence-corrected chi connectivity index (χ0v) is 17.1. The van der Waals surface area contributed by atoms with Gasteiger partial charge in [-0.15, -0.1) is 0 Å². The Kier molecular flexibility index (Phi) is 7.69. The van der Waals surface area contributed by atoms with Crippen LogP contribution in [0.25, 0.3) is 0 Å². The Labute approximate surface area is 173 Å². The van der Waals surface area contributed by atoms with Crippen LogP contribution in [0.4, 0.5) is 0 Å². The number of Topliss-reactive ketones (excluding diaryl/α,β-unsaturated/α-hetero) is 1. The molecular formula is C22H22O8. The molecule has 0 bridgehead atoms. The van der Waals surface area contributed by atoms with Crippen molar-refractivity contribution in [2.24, 2.45) is 0 Å². The molecule has 0 amide bonds. The average Bonchev–Trinajstić information content (AvgIpc) is 2.66. The Hall–Kier alpha value is -3.68. The molecule has 0 saturated carbocycles. The van der Waals surface area contributed by atoms with E-state index >= 15 is 0 Å². The smallest absolute Gasteiger partial charge is 0.308 e. The van der Waals surface area contributed by atoms with Gasteiger partial charge in [0.15, 0.2) is 6.10 Å². The summed E-state index contributed by atoms with van der Waals surface area (Å²) in [4.78, 5) is 47.4. The van der Waals surface area contributed by atoms with Gasteiger partial charge in [0.05, 0.1) is 12.7 Å². The Bertz CT molecular complexity index is 946. The van der Waals surface area contributed by atoms with Crippen LogP contribution in [0, 0.1) is 0 Å². The molecule has 0 aliphatic heterocycles. The van der Waals surface area contributed by atoms with E-state index in [4.69, 9.17) is 18.9 Å². The van der Waals surface area contributed by atoms with Crippen LogP contribution in [0.5, 0.6) is 17.2 Å². The number of benzene rings is 2. The molecule has 0 spiro atoms. The zero-order chi connectivity index (χ0) is 22.3. The van der Waals surface area contributed by atoms with Gasteiger partial charge in [0.2, 0.25) is 5.78 Å². The second kappa shape index (κ2) is 10.2. The van der Waals surface area contributed by atoms with E-state index in [1.54, 1.807) is 24.3 Å². The van der Waals surface area contributed by atoms with Crippen molar-refractivity contribution in [3.63, 3.8) is 0 Å². The molecule has 0 aliphatic carbocycles. The van der Waals surface area contributed by atoms with Crippen LogP contribution in [0.1, 0.15) is 36.7 Å². The first-order chi connectivity index (χ1) is 14.2. The molecule has 158 valence electrons. The maximum atomic E-state index is 13.1. The van der Waals surface area contributed by atoms with Crippen molar-refractivity contribution in [3.05, 3.63) is 53.6 Å². The van der Waals surface area contributed by atoms with Crippen LogP contribution in [0.3, 0.4) is 0 Å². The van der Waals surface area contributed by atoms with Crippen LogP contribution in [0.2, 0.25) is 0 Å². The standard InChI is InChI=1S/C22H22O8/c1-13(23)28-18-9-10-19(20(12-18)29-14(2)24)22(26)21(30-15(3)25)11-16-5-7-17(27-4)8-6-16/h5-10,12,21H,11H2,1-4H3/t21-/m1/s1. The Morgan fingerprint density at radius 1 is 0.800 bits per heavy atom. The molecule has 0 heterocycles. The Morgan fingerprint density at radius 2 is 1.40 bits per heavy atom. The summed E-state index contributed by atoms with van der Waals surface area (Å²) in [6, 6.07) is 10.9. The van der Waals surface area contributed by atoms with Crippen molar-refractivity contribution in [2.75, 3.05) is 7.11 Å². The van der Waals surface area contributed by atoms with E-state index < -0.39 is 29.8 Å². The number of carbonyl (C=O) groups is 4. The first-order valence-corrected chi connectivity index (χ1v) is 9.05. The maximum Gasteiger partial charge on any atom is 0.308 e. The van der Waals surface area contributed by atoms with Gasteiger partial charge in [0.25, 0.3) is 0 Å². The molecule has 0 saturated heterocycles. The highest BCUT2D eigenvalue weighted by Gasteiger charge is 2.27. The van der Waals surface area contributed by atoms with Crippen molar-refractivity contribution < 1.29 is 38.1 Å². The summed E-state index contributed by atoms with van der Waals surface area (Å²) in [5.41, 5.74) is 0.752. The maximum absolute atomic E-state index is 13.1. The Balaban J connectivity index is 2.38. The number of rotatable bonds is 8. The summed E-state index contributed by atoms with van der Waals surface area (Å²) in [5, 5.41) is 0. The second-order valence-corrected chi connectivity index (χ2v) is 6.36. The predicted octanol–water partition coefficient (Wildman–Crippen LogP) is 2.90. The van der Waals surface area contributed by atoms with Crippen LogP contribution in [-0.4, -0.2) is 36.9 Å². The molecule has 1 atom stereocenters. The molecule has 0 aliphatic rings. The number of methoxy groups -OCH3 is 1. The average molecular weight is 414 g/mol. The third kappa shape index (κ3) is 6.44.